The normalized spacial score (nSPS) is 51.0. The van der Waals surface area contributed by atoms with Crippen LogP contribution >= 0.6 is 0 Å². The molecule has 5 aliphatic carbocycles. The Bertz CT molecular complexity index is 747. The quantitative estimate of drug-likeness (QED) is 0.645. The summed E-state index contributed by atoms with van der Waals surface area (Å²) >= 11 is 0. The van der Waals surface area contributed by atoms with Crippen LogP contribution in [0.25, 0.3) is 0 Å². The maximum Gasteiger partial charge on any atom is 1.00 e. The van der Waals surface area contributed by atoms with E-state index < -0.39 is 11.6 Å². The third kappa shape index (κ3) is 2.86. The van der Waals surface area contributed by atoms with Crippen molar-refractivity contribution in [2.75, 3.05) is 0 Å². The van der Waals surface area contributed by atoms with Crippen molar-refractivity contribution in [3.8, 4) is 0 Å². The Hall–Kier alpha value is 0.476. The fourth-order valence-electron chi connectivity index (χ4n) is 8.23. The second-order valence-electron chi connectivity index (χ2n) is 10.7. The molecule has 4 nitrogen and oxygen atoms in total. The van der Waals surface area contributed by atoms with E-state index in [-0.39, 0.29) is 68.6 Å². The van der Waals surface area contributed by atoms with Gasteiger partial charge in [0.2, 0.25) is 0 Å². The monoisotopic (exact) mass is 410 g/mol. The predicted octanol–water partition coefficient (Wildman–Crippen LogP) is -0.361. The molecule has 0 aromatic heterocycles. The van der Waals surface area contributed by atoms with Crippen molar-refractivity contribution in [3.05, 3.63) is 11.6 Å². The number of hydrogen-bond donors (Lipinski definition) is 1. The van der Waals surface area contributed by atoms with E-state index in [1.54, 1.807) is 0 Å². The van der Waals surface area contributed by atoms with E-state index in [4.69, 9.17) is 0 Å². The van der Waals surface area contributed by atoms with Crippen LogP contribution < -0.4 is 56.5 Å². The largest absolute Gasteiger partial charge is 1.00 e. The zero-order valence-electron chi connectivity index (χ0n) is 17.5. The Kier molecular flexibility index (Phi) is 5.42. The SMILES string of the molecule is CC12CCC(=O)C=C1C1CC1C1C2CCC2(C)C1CCC2(O)CCC(=O)[O-].[K+]. The molecule has 0 bridgehead atoms. The van der Waals surface area contributed by atoms with Crippen LogP contribution in [0.3, 0.4) is 0 Å². The molecule has 0 amide bonds. The van der Waals surface area contributed by atoms with Crippen LogP contribution in [0.1, 0.15) is 71.6 Å². The van der Waals surface area contributed by atoms with Gasteiger partial charge < -0.3 is 15.0 Å². The second-order valence-corrected chi connectivity index (χ2v) is 10.7. The van der Waals surface area contributed by atoms with E-state index in [9.17, 15) is 19.8 Å². The average molecular weight is 411 g/mol. The minimum Gasteiger partial charge on any atom is -0.550 e. The van der Waals surface area contributed by atoms with Crippen LogP contribution in [0.2, 0.25) is 0 Å². The number of carboxylic acids is 1. The van der Waals surface area contributed by atoms with Gasteiger partial charge in [0, 0.05) is 12.4 Å². The van der Waals surface area contributed by atoms with E-state index in [1.807, 2.05) is 6.08 Å². The summed E-state index contributed by atoms with van der Waals surface area (Å²) in [6.07, 6.45) is 8.93. The molecule has 28 heavy (non-hydrogen) atoms. The van der Waals surface area contributed by atoms with Gasteiger partial charge in [0.05, 0.1) is 5.60 Å². The molecule has 0 aliphatic heterocycles. The van der Waals surface area contributed by atoms with E-state index in [2.05, 4.69) is 13.8 Å². The average Bonchev–Trinajstić information content (AvgIpc) is 3.35. The Morgan fingerprint density at radius 2 is 1.93 bits per heavy atom. The van der Waals surface area contributed by atoms with Gasteiger partial charge in [-0.3, -0.25) is 4.79 Å². The van der Waals surface area contributed by atoms with Crippen LogP contribution in [0.5, 0.6) is 0 Å². The van der Waals surface area contributed by atoms with Gasteiger partial charge in [0.25, 0.3) is 0 Å². The van der Waals surface area contributed by atoms with Gasteiger partial charge in [-0.15, -0.1) is 0 Å². The van der Waals surface area contributed by atoms with Crippen molar-refractivity contribution >= 4 is 11.8 Å². The van der Waals surface area contributed by atoms with E-state index in [1.165, 1.54) is 12.0 Å². The minimum absolute atomic E-state index is 0. The summed E-state index contributed by atoms with van der Waals surface area (Å²) in [4.78, 5) is 23.1. The van der Waals surface area contributed by atoms with Gasteiger partial charge in [-0.05, 0) is 97.9 Å². The number of carbonyl (C=O) groups excluding carboxylic acids is 2. The molecule has 0 aromatic rings. The Labute approximate surface area is 210 Å². The summed E-state index contributed by atoms with van der Waals surface area (Å²) in [5, 5.41) is 22.5. The van der Waals surface area contributed by atoms with Gasteiger partial charge in [-0.2, -0.15) is 0 Å². The topological polar surface area (TPSA) is 77.4 Å². The number of hydrogen-bond acceptors (Lipinski definition) is 4. The van der Waals surface area contributed by atoms with Crippen LogP contribution in [-0.4, -0.2) is 22.5 Å². The van der Waals surface area contributed by atoms with Crippen LogP contribution in [-0.2, 0) is 9.59 Å². The van der Waals surface area contributed by atoms with Crippen molar-refractivity contribution in [1.29, 1.82) is 0 Å². The molecule has 0 saturated heterocycles. The summed E-state index contributed by atoms with van der Waals surface area (Å²) in [7, 11) is 0. The molecule has 5 rings (SSSR count). The first kappa shape index (κ1) is 21.7. The first-order valence-electron chi connectivity index (χ1n) is 10.9. The van der Waals surface area contributed by atoms with Crippen molar-refractivity contribution in [2.24, 2.45) is 40.4 Å². The maximum absolute atomic E-state index is 12.1. The van der Waals surface area contributed by atoms with Crippen LogP contribution in [0.4, 0.5) is 0 Å². The molecule has 8 atom stereocenters. The Morgan fingerprint density at radius 3 is 2.64 bits per heavy atom. The molecular weight excluding hydrogens is 379 g/mol. The van der Waals surface area contributed by atoms with Crippen molar-refractivity contribution in [2.45, 2.75) is 77.2 Å². The van der Waals surface area contributed by atoms with Gasteiger partial charge in [0.15, 0.2) is 5.78 Å². The van der Waals surface area contributed by atoms with Gasteiger partial charge >= 0.3 is 51.4 Å². The number of allylic oxidation sites excluding steroid dienone is 1. The summed E-state index contributed by atoms with van der Waals surface area (Å²) < 4.78 is 0. The molecule has 0 spiro atoms. The fourth-order valence-corrected chi connectivity index (χ4v) is 8.23. The molecule has 0 heterocycles. The Balaban J connectivity index is 0.00000192. The Morgan fingerprint density at radius 1 is 1.21 bits per heavy atom. The molecule has 5 heteroatoms. The number of fused-ring (bicyclic) bond motifs is 8. The number of aliphatic carboxylic acids is 1. The fraction of sp³-hybridized carbons (Fsp3) is 0.826. The number of rotatable bonds is 3. The molecule has 1 N–H and O–H groups in total. The van der Waals surface area contributed by atoms with Crippen LogP contribution in [0, 0.1) is 40.4 Å². The summed E-state index contributed by atoms with van der Waals surface area (Å²) in [5.74, 6) is 2.23. The number of ketones is 1. The molecule has 148 valence electrons. The van der Waals surface area contributed by atoms with Gasteiger partial charge in [-0.25, -0.2) is 0 Å². The first-order valence-corrected chi connectivity index (χ1v) is 10.9. The minimum atomic E-state index is -1.06. The zero-order chi connectivity index (χ0) is 19.2. The standard InChI is InChI=1S/C23H32O4.K/c1-21-7-3-13(24)11-18(21)14-12-15(14)20-16(21)4-8-22(2)17(20)5-9-23(22,27)10-6-19(25)26;/h11,14-17,20,27H,3-10,12H2,1-2H3,(H,25,26);/q;+1/p-1. The van der Waals surface area contributed by atoms with E-state index >= 15 is 0 Å². The van der Waals surface area contributed by atoms with E-state index in [0.717, 1.165) is 32.1 Å². The number of carbonyl (C=O) groups is 2. The zero-order valence-corrected chi connectivity index (χ0v) is 20.6. The molecule has 0 aromatic carbocycles. The second kappa shape index (κ2) is 6.99. The van der Waals surface area contributed by atoms with Crippen molar-refractivity contribution in [1.82, 2.24) is 0 Å². The van der Waals surface area contributed by atoms with E-state index in [0.29, 0.717) is 48.2 Å². The van der Waals surface area contributed by atoms with Gasteiger partial charge in [0.1, 0.15) is 0 Å². The van der Waals surface area contributed by atoms with Crippen molar-refractivity contribution < 1.29 is 71.2 Å². The summed E-state index contributed by atoms with van der Waals surface area (Å²) in [6.45, 7) is 4.63. The molecule has 4 saturated carbocycles. The molecule has 0 radical (unpaired) electrons. The summed E-state index contributed by atoms with van der Waals surface area (Å²) in [6, 6.07) is 0. The summed E-state index contributed by atoms with van der Waals surface area (Å²) in [5.41, 5.74) is 0.549. The van der Waals surface area contributed by atoms with Gasteiger partial charge in [-0.1, -0.05) is 19.4 Å². The molecule has 5 aliphatic rings. The molecular formula is C23H31KO4. The smallest absolute Gasteiger partial charge is 0.550 e. The number of carboxylic acid groups (broad SMARTS) is 1. The van der Waals surface area contributed by atoms with Crippen LogP contribution in [0.15, 0.2) is 11.6 Å². The molecule has 4 fully saturated rings. The number of aliphatic hydroxyl groups is 1. The first-order chi connectivity index (χ1) is 12.7. The third-order valence-corrected chi connectivity index (χ3v) is 9.82. The predicted molar refractivity (Wildman–Crippen MR) is 98.3 cm³/mol. The van der Waals surface area contributed by atoms with Crippen molar-refractivity contribution in [3.63, 3.8) is 0 Å². The molecule has 8 unspecified atom stereocenters. The third-order valence-electron chi connectivity index (χ3n) is 9.82. The maximum atomic E-state index is 12.1.